The Balaban J connectivity index is 1.83. The van der Waals surface area contributed by atoms with E-state index in [1.807, 2.05) is 31.2 Å². The smallest absolute Gasteiger partial charge is 0.242 e. The van der Waals surface area contributed by atoms with Crippen LogP contribution in [0, 0.1) is 0 Å². The summed E-state index contributed by atoms with van der Waals surface area (Å²) in [6.07, 6.45) is 1.85. The van der Waals surface area contributed by atoms with Crippen molar-refractivity contribution in [2.75, 3.05) is 17.7 Å². The third-order valence-electron chi connectivity index (χ3n) is 4.60. The van der Waals surface area contributed by atoms with E-state index in [0.717, 1.165) is 28.2 Å². The predicted octanol–water partition coefficient (Wildman–Crippen LogP) is 3.73. The van der Waals surface area contributed by atoms with Gasteiger partial charge in [0.05, 0.1) is 22.8 Å². The van der Waals surface area contributed by atoms with E-state index < -0.39 is 10.0 Å². The highest BCUT2D eigenvalue weighted by Gasteiger charge is 2.32. The zero-order valence-corrected chi connectivity index (χ0v) is 17.4. The third kappa shape index (κ3) is 4.46. The largest absolute Gasteiger partial charge is 0.308 e. The van der Waals surface area contributed by atoms with Gasteiger partial charge < -0.3 is 4.90 Å². The van der Waals surface area contributed by atoms with Crippen LogP contribution in [-0.2, 0) is 27.8 Å². The molecule has 1 amide bonds. The van der Waals surface area contributed by atoms with Crippen molar-refractivity contribution < 1.29 is 13.2 Å². The van der Waals surface area contributed by atoms with Crippen LogP contribution in [0.3, 0.4) is 0 Å². The molecule has 0 bridgehead atoms. The molecule has 0 saturated carbocycles. The molecule has 8 heteroatoms. The van der Waals surface area contributed by atoms with Gasteiger partial charge in [0.25, 0.3) is 0 Å². The maximum absolute atomic E-state index is 13.0. The Morgan fingerprint density at radius 3 is 2.56 bits per heavy atom. The lowest BCUT2D eigenvalue weighted by Crippen LogP contribution is -2.44. The highest BCUT2D eigenvalue weighted by Crippen LogP contribution is 2.32. The highest BCUT2D eigenvalue weighted by atomic mass is 35.5. The first-order valence-corrected chi connectivity index (χ1v) is 11.1. The van der Waals surface area contributed by atoms with Crippen molar-refractivity contribution in [2.45, 2.75) is 25.9 Å². The number of amides is 1. The summed E-state index contributed by atoms with van der Waals surface area (Å²) in [5.41, 5.74) is 2.60. The number of fused-ring (bicyclic) bond motifs is 1. The Hall–Kier alpha value is -1.60. The number of halogens is 2. The van der Waals surface area contributed by atoms with Gasteiger partial charge in [0, 0.05) is 18.3 Å². The quantitative estimate of drug-likeness (QED) is 0.731. The molecular weight excluding hydrogens is 407 g/mol. The number of rotatable bonds is 5. The second-order valence-electron chi connectivity index (χ2n) is 6.73. The highest BCUT2D eigenvalue weighted by molar-refractivity contribution is 7.88. The predicted molar refractivity (Wildman–Crippen MR) is 109 cm³/mol. The van der Waals surface area contributed by atoms with Crippen molar-refractivity contribution in [3.05, 3.63) is 63.6 Å². The SMILES string of the molecule is C[C@H]1Cc2ccccc2N1C(=O)CN(Cc1ccc(Cl)c(Cl)c1)S(C)(=O)=O. The molecule has 0 spiro atoms. The van der Waals surface area contributed by atoms with Gasteiger partial charge in [-0.25, -0.2) is 8.42 Å². The van der Waals surface area contributed by atoms with Gasteiger partial charge >= 0.3 is 0 Å². The topological polar surface area (TPSA) is 57.7 Å². The molecule has 3 rings (SSSR count). The molecule has 27 heavy (non-hydrogen) atoms. The number of benzene rings is 2. The van der Waals surface area contributed by atoms with E-state index in [-0.39, 0.29) is 25.0 Å². The van der Waals surface area contributed by atoms with Gasteiger partial charge in [0.15, 0.2) is 0 Å². The van der Waals surface area contributed by atoms with E-state index >= 15 is 0 Å². The summed E-state index contributed by atoms with van der Waals surface area (Å²) in [5.74, 6) is -0.252. The average Bonchev–Trinajstić information content (AvgIpc) is 2.92. The summed E-state index contributed by atoms with van der Waals surface area (Å²) in [4.78, 5) is 14.6. The first-order chi connectivity index (χ1) is 12.7. The van der Waals surface area contributed by atoms with Crippen LogP contribution in [0.1, 0.15) is 18.1 Å². The van der Waals surface area contributed by atoms with Gasteiger partial charge in [-0.2, -0.15) is 4.31 Å². The minimum atomic E-state index is -3.60. The van der Waals surface area contributed by atoms with Crippen LogP contribution >= 0.6 is 23.2 Å². The Morgan fingerprint density at radius 1 is 1.19 bits per heavy atom. The number of para-hydroxylation sites is 1. The fraction of sp³-hybridized carbons (Fsp3) is 0.316. The van der Waals surface area contributed by atoms with Crippen LogP contribution in [0.2, 0.25) is 10.0 Å². The van der Waals surface area contributed by atoms with Crippen LogP contribution in [-0.4, -0.2) is 37.5 Å². The van der Waals surface area contributed by atoms with E-state index in [4.69, 9.17) is 23.2 Å². The molecule has 0 aliphatic carbocycles. The van der Waals surface area contributed by atoms with Crippen molar-refractivity contribution >= 4 is 44.8 Å². The Kier molecular flexibility index (Phi) is 5.82. The van der Waals surface area contributed by atoms with Crippen LogP contribution in [0.15, 0.2) is 42.5 Å². The lowest BCUT2D eigenvalue weighted by Gasteiger charge is -2.26. The molecule has 1 atom stereocenters. The molecule has 0 aromatic heterocycles. The molecular formula is C19H20Cl2N2O3S. The molecule has 0 N–H and O–H groups in total. The van der Waals surface area contributed by atoms with Crippen molar-refractivity contribution in [3.63, 3.8) is 0 Å². The van der Waals surface area contributed by atoms with Crippen molar-refractivity contribution in [2.24, 2.45) is 0 Å². The maximum atomic E-state index is 13.0. The van der Waals surface area contributed by atoms with E-state index in [0.29, 0.717) is 15.6 Å². The summed E-state index contributed by atoms with van der Waals surface area (Å²) in [5, 5.41) is 0.737. The first kappa shape index (κ1) is 20.1. The molecule has 5 nitrogen and oxygen atoms in total. The third-order valence-corrected chi connectivity index (χ3v) is 6.53. The van der Waals surface area contributed by atoms with E-state index in [1.165, 1.54) is 0 Å². The van der Waals surface area contributed by atoms with Crippen molar-refractivity contribution in [1.29, 1.82) is 0 Å². The summed E-state index contributed by atoms with van der Waals surface area (Å²) in [6, 6.07) is 12.6. The first-order valence-electron chi connectivity index (χ1n) is 8.46. The number of hydrogen-bond acceptors (Lipinski definition) is 3. The lowest BCUT2D eigenvalue weighted by molar-refractivity contribution is -0.119. The fourth-order valence-corrected chi connectivity index (χ4v) is 4.35. The second-order valence-corrected chi connectivity index (χ2v) is 9.52. The molecule has 1 aliphatic rings. The molecule has 0 unspecified atom stereocenters. The van der Waals surface area contributed by atoms with Gasteiger partial charge in [0.1, 0.15) is 0 Å². The normalized spacial score (nSPS) is 16.6. The van der Waals surface area contributed by atoms with Crippen LogP contribution in [0.5, 0.6) is 0 Å². The summed E-state index contributed by atoms with van der Waals surface area (Å²) in [7, 11) is -3.60. The number of carbonyl (C=O) groups is 1. The van der Waals surface area contributed by atoms with Crippen LogP contribution in [0.4, 0.5) is 5.69 Å². The zero-order valence-electron chi connectivity index (χ0n) is 15.0. The number of carbonyl (C=O) groups excluding carboxylic acids is 1. The van der Waals surface area contributed by atoms with Crippen LogP contribution < -0.4 is 4.90 Å². The average molecular weight is 427 g/mol. The summed E-state index contributed by atoms with van der Waals surface area (Å²) < 4.78 is 25.7. The molecule has 2 aromatic rings. The molecule has 1 heterocycles. The molecule has 0 fully saturated rings. The van der Waals surface area contributed by atoms with E-state index in [2.05, 4.69) is 0 Å². The van der Waals surface area contributed by atoms with Gasteiger partial charge in [-0.05, 0) is 42.7 Å². The molecule has 2 aromatic carbocycles. The lowest BCUT2D eigenvalue weighted by atomic mass is 10.1. The minimum Gasteiger partial charge on any atom is -0.308 e. The zero-order chi connectivity index (χ0) is 19.8. The number of sulfonamides is 1. The van der Waals surface area contributed by atoms with Gasteiger partial charge in [0.2, 0.25) is 15.9 Å². The fourth-order valence-electron chi connectivity index (χ4n) is 3.30. The Bertz CT molecular complexity index is 979. The van der Waals surface area contributed by atoms with Gasteiger partial charge in [-0.3, -0.25) is 4.79 Å². The number of nitrogens with zero attached hydrogens (tertiary/aromatic N) is 2. The van der Waals surface area contributed by atoms with Crippen molar-refractivity contribution in [3.8, 4) is 0 Å². The minimum absolute atomic E-state index is 0.0127. The van der Waals surface area contributed by atoms with E-state index in [9.17, 15) is 13.2 Å². The van der Waals surface area contributed by atoms with Crippen molar-refractivity contribution in [1.82, 2.24) is 4.31 Å². The van der Waals surface area contributed by atoms with E-state index in [1.54, 1.807) is 23.1 Å². The number of anilines is 1. The Morgan fingerprint density at radius 2 is 1.89 bits per heavy atom. The second kappa shape index (κ2) is 7.80. The Labute approximate surface area is 169 Å². The summed E-state index contributed by atoms with van der Waals surface area (Å²) in [6.45, 7) is 1.77. The van der Waals surface area contributed by atoms with Gasteiger partial charge in [-0.15, -0.1) is 0 Å². The maximum Gasteiger partial charge on any atom is 0.242 e. The molecule has 1 aliphatic heterocycles. The molecule has 144 valence electrons. The van der Waals surface area contributed by atoms with Gasteiger partial charge in [-0.1, -0.05) is 47.5 Å². The summed E-state index contributed by atoms with van der Waals surface area (Å²) >= 11 is 11.9. The van der Waals surface area contributed by atoms with Crippen LogP contribution in [0.25, 0.3) is 0 Å². The molecule has 0 radical (unpaired) electrons. The molecule has 0 saturated heterocycles. The number of hydrogen-bond donors (Lipinski definition) is 0. The monoisotopic (exact) mass is 426 g/mol. The standard InChI is InChI=1S/C19H20Cl2N2O3S/c1-13-9-15-5-3-4-6-18(15)23(13)19(24)12-22(27(2,25)26)11-14-7-8-16(20)17(21)10-14/h3-8,10,13H,9,11-12H2,1-2H3/t13-/m0/s1.